The summed E-state index contributed by atoms with van der Waals surface area (Å²) in [7, 11) is 0. The number of benzene rings is 1. The smallest absolute Gasteiger partial charge is 0.122 e. The van der Waals surface area contributed by atoms with Crippen LogP contribution in [0, 0.1) is 6.92 Å². The standard InChI is InChI=1S/C14H23NO2/c1-5-17-13-7-6-12(8-11(13)2)14(3,4)9-15-10-16/h6-8,15-16H,5,9-10H2,1-4H3. The van der Waals surface area contributed by atoms with E-state index in [1.54, 1.807) is 0 Å². The lowest BCUT2D eigenvalue weighted by Gasteiger charge is -2.26. The second-order valence-electron chi connectivity index (χ2n) is 4.88. The predicted molar refractivity (Wildman–Crippen MR) is 70.5 cm³/mol. The summed E-state index contributed by atoms with van der Waals surface area (Å²) in [6.07, 6.45) is 0. The lowest BCUT2D eigenvalue weighted by atomic mass is 9.84. The average molecular weight is 237 g/mol. The number of aliphatic hydroxyl groups excluding tert-OH is 1. The summed E-state index contributed by atoms with van der Waals surface area (Å²) in [5.41, 5.74) is 2.40. The normalized spacial score (nSPS) is 11.6. The van der Waals surface area contributed by atoms with Crippen LogP contribution >= 0.6 is 0 Å². The molecule has 0 saturated carbocycles. The van der Waals surface area contributed by atoms with Crippen molar-refractivity contribution in [2.75, 3.05) is 19.9 Å². The van der Waals surface area contributed by atoms with Crippen molar-refractivity contribution in [2.24, 2.45) is 0 Å². The molecule has 96 valence electrons. The molecular weight excluding hydrogens is 214 g/mol. The van der Waals surface area contributed by atoms with Gasteiger partial charge in [0.05, 0.1) is 13.3 Å². The number of hydrogen-bond donors (Lipinski definition) is 2. The van der Waals surface area contributed by atoms with E-state index >= 15 is 0 Å². The van der Waals surface area contributed by atoms with Crippen molar-refractivity contribution >= 4 is 0 Å². The summed E-state index contributed by atoms with van der Waals surface area (Å²) in [4.78, 5) is 0. The molecule has 0 spiro atoms. The Morgan fingerprint density at radius 3 is 2.59 bits per heavy atom. The Morgan fingerprint density at radius 2 is 2.06 bits per heavy atom. The van der Waals surface area contributed by atoms with Crippen LogP contribution < -0.4 is 10.1 Å². The summed E-state index contributed by atoms with van der Waals surface area (Å²) in [6, 6.07) is 6.27. The van der Waals surface area contributed by atoms with E-state index in [-0.39, 0.29) is 12.1 Å². The molecule has 0 aliphatic carbocycles. The van der Waals surface area contributed by atoms with Crippen molar-refractivity contribution in [1.82, 2.24) is 5.32 Å². The van der Waals surface area contributed by atoms with Crippen molar-refractivity contribution in [3.8, 4) is 5.75 Å². The summed E-state index contributed by atoms with van der Waals surface area (Å²) >= 11 is 0. The lowest BCUT2D eigenvalue weighted by molar-refractivity contribution is 0.247. The molecule has 0 aliphatic rings. The molecule has 0 aliphatic heterocycles. The molecule has 1 aromatic rings. The molecule has 1 aromatic carbocycles. The summed E-state index contributed by atoms with van der Waals surface area (Å²) < 4.78 is 5.53. The molecule has 0 fully saturated rings. The Bertz CT molecular complexity index is 361. The van der Waals surface area contributed by atoms with Gasteiger partial charge in [-0.2, -0.15) is 0 Å². The Labute approximate surface area is 104 Å². The van der Waals surface area contributed by atoms with E-state index in [9.17, 15) is 0 Å². The number of rotatable bonds is 6. The predicted octanol–water partition coefficient (Wildman–Crippen LogP) is 2.21. The SMILES string of the molecule is CCOc1ccc(C(C)(C)CNCO)cc1C. The molecule has 17 heavy (non-hydrogen) atoms. The van der Waals surface area contributed by atoms with Gasteiger partial charge in [0.2, 0.25) is 0 Å². The quantitative estimate of drug-likeness (QED) is 0.745. The number of aliphatic hydroxyl groups is 1. The molecule has 3 heteroatoms. The molecule has 0 aromatic heterocycles. The summed E-state index contributed by atoms with van der Waals surface area (Å²) in [5.74, 6) is 0.946. The van der Waals surface area contributed by atoms with E-state index < -0.39 is 0 Å². The van der Waals surface area contributed by atoms with Gasteiger partial charge in [-0.25, -0.2) is 0 Å². The molecule has 0 bridgehead atoms. The van der Waals surface area contributed by atoms with Crippen LogP contribution in [0.1, 0.15) is 31.9 Å². The molecule has 0 unspecified atom stereocenters. The molecule has 3 nitrogen and oxygen atoms in total. The topological polar surface area (TPSA) is 41.5 Å². The van der Waals surface area contributed by atoms with Crippen LogP contribution in [0.4, 0.5) is 0 Å². The molecular formula is C14H23NO2. The summed E-state index contributed by atoms with van der Waals surface area (Å²) in [6.45, 7) is 9.81. The van der Waals surface area contributed by atoms with E-state index in [0.717, 1.165) is 17.9 Å². The second-order valence-corrected chi connectivity index (χ2v) is 4.88. The second kappa shape index (κ2) is 6.03. The van der Waals surface area contributed by atoms with Crippen LogP contribution in [-0.2, 0) is 5.41 Å². The third-order valence-corrected chi connectivity index (χ3v) is 2.93. The zero-order chi connectivity index (χ0) is 12.9. The van der Waals surface area contributed by atoms with Gasteiger partial charge in [0.25, 0.3) is 0 Å². The van der Waals surface area contributed by atoms with E-state index in [2.05, 4.69) is 38.2 Å². The van der Waals surface area contributed by atoms with Gasteiger partial charge in [0.15, 0.2) is 0 Å². The maximum absolute atomic E-state index is 8.81. The molecule has 0 saturated heterocycles. The summed E-state index contributed by atoms with van der Waals surface area (Å²) in [5, 5.41) is 11.8. The fourth-order valence-corrected chi connectivity index (χ4v) is 1.86. The fraction of sp³-hybridized carbons (Fsp3) is 0.571. The molecule has 1 rings (SSSR count). The number of ether oxygens (including phenoxy) is 1. The van der Waals surface area contributed by atoms with Crippen molar-refractivity contribution in [1.29, 1.82) is 0 Å². The Kier molecular flexibility index (Phi) is 4.97. The highest BCUT2D eigenvalue weighted by Crippen LogP contribution is 2.27. The highest BCUT2D eigenvalue weighted by atomic mass is 16.5. The first-order chi connectivity index (χ1) is 8.01. The van der Waals surface area contributed by atoms with Crippen molar-refractivity contribution in [3.63, 3.8) is 0 Å². The van der Waals surface area contributed by atoms with Crippen molar-refractivity contribution in [3.05, 3.63) is 29.3 Å². The van der Waals surface area contributed by atoms with Crippen LogP contribution in [0.3, 0.4) is 0 Å². The van der Waals surface area contributed by atoms with Crippen molar-refractivity contribution < 1.29 is 9.84 Å². The lowest BCUT2D eigenvalue weighted by Crippen LogP contribution is -2.33. The number of aryl methyl sites for hydroxylation is 1. The third kappa shape index (κ3) is 3.72. The number of nitrogens with one attached hydrogen (secondary N) is 1. The van der Waals surface area contributed by atoms with Gasteiger partial charge in [-0.15, -0.1) is 0 Å². The van der Waals surface area contributed by atoms with Crippen LogP contribution in [0.15, 0.2) is 18.2 Å². The third-order valence-electron chi connectivity index (χ3n) is 2.93. The minimum absolute atomic E-state index is 0.00175. The monoisotopic (exact) mass is 237 g/mol. The van der Waals surface area contributed by atoms with Crippen LogP contribution in [0.2, 0.25) is 0 Å². The minimum Gasteiger partial charge on any atom is -0.494 e. The van der Waals surface area contributed by atoms with E-state index in [1.165, 1.54) is 5.56 Å². The Hall–Kier alpha value is -1.06. The van der Waals surface area contributed by atoms with E-state index in [0.29, 0.717) is 6.61 Å². The van der Waals surface area contributed by atoms with Gasteiger partial charge in [-0.3, -0.25) is 5.32 Å². The Balaban J connectivity index is 2.88. The zero-order valence-electron chi connectivity index (χ0n) is 11.2. The number of hydrogen-bond acceptors (Lipinski definition) is 3. The Morgan fingerprint density at radius 1 is 1.35 bits per heavy atom. The molecule has 0 atom stereocenters. The first-order valence-corrected chi connectivity index (χ1v) is 6.06. The van der Waals surface area contributed by atoms with Crippen LogP contribution in [0.5, 0.6) is 5.75 Å². The first-order valence-electron chi connectivity index (χ1n) is 6.06. The molecule has 0 radical (unpaired) electrons. The van der Waals surface area contributed by atoms with Gasteiger partial charge < -0.3 is 9.84 Å². The van der Waals surface area contributed by atoms with Crippen LogP contribution in [0.25, 0.3) is 0 Å². The highest BCUT2D eigenvalue weighted by Gasteiger charge is 2.20. The average Bonchev–Trinajstić information content (AvgIpc) is 2.29. The van der Waals surface area contributed by atoms with E-state index in [1.807, 2.05) is 13.0 Å². The van der Waals surface area contributed by atoms with Gasteiger partial charge in [0.1, 0.15) is 5.75 Å². The van der Waals surface area contributed by atoms with Gasteiger partial charge in [-0.05, 0) is 31.0 Å². The first kappa shape index (κ1) is 14.0. The zero-order valence-corrected chi connectivity index (χ0v) is 11.2. The van der Waals surface area contributed by atoms with Crippen molar-refractivity contribution in [2.45, 2.75) is 33.1 Å². The minimum atomic E-state index is -0.00175. The van der Waals surface area contributed by atoms with Gasteiger partial charge in [0, 0.05) is 12.0 Å². The maximum atomic E-state index is 8.81. The largest absolute Gasteiger partial charge is 0.494 e. The molecule has 0 amide bonds. The van der Waals surface area contributed by atoms with Gasteiger partial charge >= 0.3 is 0 Å². The fourth-order valence-electron chi connectivity index (χ4n) is 1.86. The highest BCUT2D eigenvalue weighted by molar-refractivity contribution is 5.39. The van der Waals surface area contributed by atoms with E-state index in [4.69, 9.17) is 9.84 Å². The molecule has 2 N–H and O–H groups in total. The van der Waals surface area contributed by atoms with Crippen LogP contribution in [-0.4, -0.2) is 25.0 Å². The molecule has 0 heterocycles. The maximum Gasteiger partial charge on any atom is 0.122 e. The van der Waals surface area contributed by atoms with Gasteiger partial charge in [-0.1, -0.05) is 26.0 Å².